The molecular weight excluding hydrogens is 590 g/mol. The Kier molecular flexibility index (Phi) is 5.77. The van der Waals surface area contributed by atoms with E-state index in [-0.39, 0.29) is 0 Å². The quantitative estimate of drug-likeness (QED) is 0.197. The zero-order valence-corrected chi connectivity index (χ0v) is 25.6. The van der Waals surface area contributed by atoms with E-state index in [4.69, 9.17) is 19.4 Å². The number of benzene rings is 5. The molecule has 0 atom stereocenters. The number of pyridine rings is 2. The minimum atomic E-state index is 0.668. The third-order valence-corrected chi connectivity index (χ3v) is 9.11. The smallest absolute Gasteiger partial charge is 0.160 e. The number of furan rings is 1. The zero-order valence-electron chi connectivity index (χ0n) is 25.6. The number of hydrogen-bond donors (Lipinski definition) is 0. The van der Waals surface area contributed by atoms with Gasteiger partial charge in [-0.2, -0.15) is 0 Å². The van der Waals surface area contributed by atoms with E-state index in [2.05, 4.69) is 113 Å². The standard InChI is InChI=1S/C42H25N5O/c1-2-8-27(9-3-1)35-25-36(45-41(44-35)29-20-22-43-23-21-29)28-16-14-26(15-17-28)30-18-19-38-33(24-30)39-40(48-38)31-10-4-5-11-32(31)42-46-34-12-6-7-13-37(34)47(39)42/h1-25H. The lowest BCUT2D eigenvalue weighted by atomic mass is 10.0. The molecule has 0 fully saturated rings. The monoisotopic (exact) mass is 615 g/mol. The maximum atomic E-state index is 6.59. The summed E-state index contributed by atoms with van der Waals surface area (Å²) in [6, 6.07) is 47.8. The van der Waals surface area contributed by atoms with Crippen molar-refractivity contribution >= 4 is 49.5 Å². The molecule has 0 unspecified atom stereocenters. The van der Waals surface area contributed by atoms with Crippen molar-refractivity contribution in [3.63, 3.8) is 0 Å². The number of hydrogen-bond acceptors (Lipinski definition) is 5. The largest absolute Gasteiger partial charge is 0.454 e. The van der Waals surface area contributed by atoms with E-state index in [1.54, 1.807) is 12.4 Å². The molecule has 10 aromatic rings. The molecule has 0 N–H and O–H groups in total. The minimum absolute atomic E-state index is 0.668. The second kappa shape index (κ2) is 10.4. The number of para-hydroxylation sites is 2. The number of nitrogens with zero attached hydrogens (tertiary/aromatic N) is 5. The van der Waals surface area contributed by atoms with Gasteiger partial charge in [0.1, 0.15) is 16.7 Å². The van der Waals surface area contributed by atoms with Crippen LogP contribution in [0.1, 0.15) is 0 Å². The van der Waals surface area contributed by atoms with Crippen LogP contribution in [0.5, 0.6) is 0 Å². The van der Waals surface area contributed by atoms with Crippen LogP contribution in [0.2, 0.25) is 0 Å². The van der Waals surface area contributed by atoms with Gasteiger partial charge < -0.3 is 4.42 Å². The van der Waals surface area contributed by atoms with Crippen LogP contribution in [0.25, 0.3) is 94.6 Å². The molecule has 5 heterocycles. The van der Waals surface area contributed by atoms with Crippen molar-refractivity contribution < 1.29 is 4.42 Å². The highest BCUT2D eigenvalue weighted by Gasteiger charge is 2.19. The lowest BCUT2D eigenvalue weighted by Crippen LogP contribution is -1.96. The van der Waals surface area contributed by atoms with Crippen molar-refractivity contribution in [1.29, 1.82) is 0 Å². The molecule has 0 aliphatic carbocycles. The van der Waals surface area contributed by atoms with Crippen LogP contribution < -0.4 is 0 Å². The molecule has 0 amide bonds. The highest BCUT2D eigenvalue weighted by molar-refractivity contribution is 6.19. The maximum Gasteiger partial charge on any atom is 0.160 e. The highest BCUT2D eigenvalue weighted by Crippen LogP contribution is 2.39. The lowest BCUT2D eigenvalue weighted by molar-refractivity contribution is 0.672. The Bertz CT molecular complexity index is 2760. The average molecular weight is 616 g/mol. The predicted molar refractivity (Wildman–Crippen MR) is 193 cm³/mol. The zero-order chi connectivity index (χ0) is 31.6. The first-order valence-corrected chi connectivity index (χ1v) is 15.9. The summed E-state index contributed by atoms with van der Waals surface area (Å²) in [7, 11) is 0. The number of rotatable bonds is 4. The molecule has 0 saturated heterocycles. The second-order valence-corrected chi connectivity index (χ2v) is 11.9. The van der Waals surface area contributed by atoms with E-state index in [9.17, 15) is 0 Å². The van der Waals surface area contributed by atoms with Gasteiger partial charge in [-0.25, -0.2) is 15.0 Å². The van der Waals surface area contributed by atoms with Gasteiger partial charge in [-0.05, 0) is 53.6 Å². The van der Waals surface area contributed by atoms with Crippen molar-refractivity contribution in [2.45, 2.75) is 0 Å². The molecule has 0 aliphatic heterocycles. The molecule has 6 heteroatoms. The van der Waals surface area contributed by atoms with Gasteiger partial charge in [0.15, 0.2) is 11.4 Å². The van der Waals surface area contributed by atoms with Crippen LogP contribution in [0.3, 0.4) is 0 Å². The van der Waals surface area contributed by atoms with Gasteiger partial charge in [0.25, 0.3) is 0 Å². The summed E-state index contributed by atoms with van der Waals surface area (Å²) in [6.07, 6.45) is 3.54. The van der Waals surface area contributed by atoms with Crippen molar-refractivity contribution in [3.8, 4) is 45.0 Å². The van der Waals surface area contributed by atoms with Crippen molar-refractivity contribution in [1.82, 2.24) is 24.3 Å². The number of aromatic nitrogens is 5. The van der Waals surface area contributed by atoms with Crippen LogP contribution in [0, 0.1) is 0 Å². The van der Waals surface area contributed by atoms with Crippen LogP contribution in [0.4, 0.5) is 0 Å². The Morgan fingerprint density at radius 3 is 1.96 bits per heavy atom. The van der Waals surface area contributed by atoms with Crippen molar-refractivity contribution in [3.05, 3.63) is 152 Å². The average Bonchev–Trinajstić information content (AvgIpc) is 3.74. The first-order valence-electron chi connectivity index (χ1n) is 15.9. The summed E-state index contributed by atoms with van der Waals surface area (Å²) in [5, 5.41) is 3.18. The molecule has 5 aromatic heterocycles. The Morgan fingerprint density at radius 2 is 1.15 bits per heavy atom. The third-order valence-electron chi connectivity index (χ3n) is 9.11. The van der Waals surface area contributed by atoms with Gasteiger partial charge in [-0.15, -0.1) is 0 Å². The van der Waals surface area contributed by atoms with Crippen LogP contribution >= 0.6 is 0 Å². The van der Waals surface area contributed by atoms with Gasteiger partial charge >= 0.3 is 0 Å². The van der Waals surface area contributed by atoms with Crippen LogP contribution in [-0.4, -0.2) is 24.3 Å². The fourth-order valence-corrected chi connectivity index (χ4v) is 6.79. The first kappa shape index (κ1) is 26.5. The summed E-state index contributed by atoms with van der Waals surface area (Å²) in [6.45, 7) is 0. The fourth-order valence-electron chi connectivity index (χ4n) is 6.79. The highest BCUT2D eigenvalue weighted by atomic mass is 16.3. The predicted octanol–water partition coefficient (Wildman–Crippen LogP) is 10.4. The number of fused-ring (bicyclic) bond motifs is 10. The molecule has 0 spiro atoms. The molecule has 48 heavy (non-hydrogen) atoms. The van der Waals surface area contributed by atoms with Gasteiger partial charge in [-0.3, -0.25) is 9.38 Å². The van der Waals surface area contributed by atoms with E-state index in [0.717, 1.165) is 88.7 Å². The van der Waals surface area contributed by atoms with Crippen molar-refractivity contribution in [2.24, 2.45) is 0 Å². The van der Waals surface area contributed by atoms with Crippen LogP contribution in [-0.2, 0) is 0 Å². The molecule has 224 valence electrons. The van der Waals surface area contributed by atoms with Gasteiger partial charge in [0, 0.05) is 45.2 Å². The Hall–Kier alpha value is -6.66. The molecule has 0 radical (unpaired) electrons. The Morgan fingerprint density at radius 1 is 0.479 bits per heavy atom. The summed E-state index contributed by atoms with van der Waals surface area (Å²) in [5.41, 5.74) is 12.6. The minimum Gasteiger partial charge on any atom is -0.454 e. The van der Waals surface area contributed by atoms with E-state index >= 15 is 0 Å². The van der Waals surface area contributed by atoms with Gasteiger partial charge in [0.2, 0.25) is 0 Å². The van der Waals surface area contributed by atoms with Gasteiger partial charge in [0.05, 0.1) is 22.4 Å². The third kappa shape index (κ3) is 4.13. The topological polar surface area (TPSA) is 69.1 Å². The van der Waals surface area contributed by atoms with Crippen LogP contribution in [0.15, 0.2) is 156 Å². The molecule has 0 aliphatic rings. The van der Waals surface area contributed by atoms with E-state index in [0.29, 0.717) is 5.82 Å². The molecule has 6 nitrogen and oxygen atoms in total. The fraction of sp³-hybridized carbons (Fsp3) is 0. The maximum absolute atomic E-state index is 6.59. The summed E-state index contributed by atoms with van der Waals surface area (Å²) in [5.74, 6) is 0.668. The molecule has 0 saturated carbocycles. The molecule has 10 rings (SSSR count). The van der Waals surface area contributed by atoms with Crippen molar-refractivity contribution in [2.75, 3.05) is 0 Å². The van der Waals surface area contributed by atoms with E-state index < -0.39 is 0 Å². The normalized spacial score (nSPS) is 11.8. The SMILES string of the molecule is c1ccc(-c2cc(-c3ccc(-c4ccc5oc6c7ccccc7c7nc8ccccc8n7c6c5c4)cc3)nc(-c3ccncc3)n2)cc1. The molecule has 5 aromatic carbocycles. The lowest BCUT2D eigenvalue weighted by Gasteiger charge is -2.10. The summed E-state index contributed by atoms with van der Waals surface area (Å²) < 4.78 is 8.84. The van der Waals surface area contributed by atoms with E-state index in [1.807, 2.05) is 36.4 Å². The number of imidazole rings is 1. The molecular formula is C42H25N5O. The second-order valence-electron chi connectivity index (χ2n) is 11.9. The van der Waals surface area contributed by atoms with Gasteiger partial charge in [-0.1, -0.05) is 97.1 Å². The molecule has 0 bridgehead atoms. The Balaban J connectivity index is 1.12. The Labute approximate surface area is 274 Å². The summed E-state index contributed by atoms with van der Waals surface area (Å²) >= 11 is 0. The van der Waals surface area contributed by atoms with E-state index in [1.165, 1.54) is 0 Å². The summed E-state index contributed by atoms with van der Waals surface area (Å²) in [4.78, 5) is 19.1. The first-order chi connectivity index (χ1) is 23.8.